The van der Waals surface area contributed by atoms with Gasteiger partial charge in [-0.05, 0) is 12.3 Å². The van der Waals surface area contributed by atoms with Crippen LogP contribution in [-0.2, 0) is 23.8 Å². The number of rotatable bonds is 8. The van der Waals surface area contributed by atoms with Crippen LogP contribution in [0.5, 0.6) is 0 Å². The van der Waals surface area contributed by atoms with Crippen LogP contribution in [0, 0.1) is 5.92 Å². The number of carbonyl (C=O) groups excluding carboxylic acids is 2. The lowest BCUT2D eigenvalue weighted by Crippen LogP contribution is -2.40. The number of hydrogen-bond donors (Lipinski definition) is 1. The second-order valence-electron chi connectivity index (χ2n) is 5.87. The van der Waals surface area contributed by atoms with Crippen molar-refractivity contribution in [2.75, 3.05) is 13.7 Å². The minimum atomic E-state index is -0.611. The van der Waals surface area contributed by atoms with E-state index < -0.39 is 24.2 Å². The van der Waals surface area contributed by atoms with Crippen LogP contribution in [0.15, 0.2) is 0 Å². The number of ether oxygens (including phenoxy) is 3. The lowest BCUT2D eigenvalue weighted by molar-refractivity contribution is -0.158. The zero-order valence-corrected chi connectivity index (χ0v) is 13.8. The second-order valence-corrected chi connectivity index (χ2v) is 5.87. The third-order valence-electron chi connectivity index (χ3n) is 3.47. The Morgan fingerprint density at radius 2 is 1.95 bits per heavy atom. The first-order valence-corrected chi connectivity index (χ1v) is 7.81. The fourth-order valence-corrected chi connectivity index (χ4v) is 2.27. The van der Waals surface area contributed by atoms with Crippen molar-refractivity contribution >= 4 is 19.7 Å². The topological polar surface area (TPSA) is 73.9 Å². The molecule has 1 heterocycles. The molecule has 2 radical (unpaired) electrons. The van der Waals surface area contributed by atoms with Crippen molar-refractivity contribution in [3.8, 4) is 0 Å². The maximum atomic E-state index is 11.9. The molecule has 1 saturated heterocycles. The molecule has 0 aromatic carbocycles. The number of hydrogen-bond acceptors (Lipinski definition) is 5. The molecule has 0 bridgehead atoms. The molecule has 0 aliphatic carbocycles. The van der Waals surface area contributed by atoms with E-state index in [0.717, 1.165) is 0 Å². The van der Waals surface area contributed by atoms with Crippen molar-refractivity contribution in [2.24, 2.45) is 5.92 Å². The predicted molar refractivity (Wildman–Crippen MR) is 82.5 cm³/mol. The molecule has 6 nitrogen and oxygen atoms in total. The first kappa shape index (κ1) is 19.0. The van der Waals surface area contributed by atoms with Crippen molar-refractivity contribution in [3.05, 3.63) is 0 Å². The number of carbonyl (C=O) groups is 2. The molecule has 0 saturated carbocycles. The van der Waals surface area contributed by atoms with Crippen LogP contribution in [0.4, 0.5) is 0 Å². The smallest absolute Gasteiger partial charge is 0.306 e. The molecule has 1 aliphatic heterocycles. The zero-order chi connectivity index (χ0) is 16.7. The standard InChI is InChI=1S/C15H26BNO5/c1-5-10-13(22-12(19)7-6-11(18)17-4)14(15(16)21-10)20-8-9(2)3/h9-10,13-15H,5-8H2,1-4H3,(H,17,18)/t10-,13?,14+,15-/m1/s1. The van der Waals surface area contributed by atoms with E-state index in [0.29, 0.717) is 18.9 Å². The highest BCUT2D eigenvalue weighted by Crippen LogP contribution is 2.28. The molecule has 0 aromatic rings. The van der Waals surface area contributed by atoms with Crippen molar-refractivity contribution in [1.29, 1.82) is 0 Å². The average molecular weight is 311 g/mol. The predicted octanol–water partition coefficient (Wildman–Crippen LogP) is 0.769. The van der Waals surface area contributed by atoms with Gasteiger partial charge in [0.1, 0.15) is 14.0 Å². The van der Waals surface area contributed by atoms with Crippen molar-refractivity contribution in [3.63, 3.8) is 0 Å². The molecule has 0 aromatic heterocycles. The minimum absolute atomic E-state index is 0.0265. The summed E-state index contributed by atoms with van der Waals surface area (Å²) in [7, 11) is 7.47. The van der Waals surface area contributed by atoms with Gasteiger partial charge >= 0.3 is 5.97 Å². The van der Waals surface area contributed by atoms with E-state index >= 15 is 0 Å². The van der Waals surface area contributed by atoms with Crippen LogP contribution in [0.25, 0.3) is 0 Å². The fraction of sp³-hybridized carbons (Fsp3) is 0.867. The maximum absolute atomic E-state index is 11.9. The van der Waals surface area contributed by atoms with Gasteiger partial charge in [0.15, 0.2) is 6.10 Å². The Labute approximate surface area is 133 Å². The van der Waals surface area contributed by atoms with Gasteiger partial charge in [0.2, 0.25) is 5.91 Å². The summed E-state index contributed by atoms with van der Waals surface area (Å²) in [5, 5.41) is 2.47. The van der Waals surface area contributed by atoms with Crippen LogP contribution in [-0.4, -0.2) is 57.7 Å². The maximum Gasteiger partial charge on any atom is 0.306 e. The van der Waals surface area contributed by atoms with E-state index in [2.05, 4.69) is 5.32 Å². The van der Waals surface area contributed by atoms with Gasteiger partial charge in [-0.25, -0.2) is 0 Å². The Hall–Kier alpha value is -1.08. The summed E-state index contributed by atoms with van der Waals surface area (Å²) in [4.78, 5) is 23.1. The molecular formula is C15H26BNO5. The number of amides is 1. The molecule has 1 fully saturated rings. The number of esters is 1. The van der Waals surface area contributed by atoms with E-state index in [9.17, 15) is 9.59 Å². The first-order chi connectivity index (χ1) is 10.4. The van der Waals surface area contributed by atoms with Gasteiger partial charge in [0.05, 0.1) is 12.5 Å². The fourth-order valence-electron chi connectivity index (χ4n) is 2.27. The average Bonchev–Trinajstić information content (AvgIpc) is 2.77. The minimum Gasteiger partial charge on any atom is -0.457 e. The molecule has 1 aliphatic rings. The Morgan fingerprint density at radius 1 is 1.27 bits per heavy atom. The molecule has 124 valence electrons. The van der Waals surface area contributed by atoms with Gasteiger partial charge < -0.3 is 19.5 Å². The van der Waals surface area contributed by atoms with E-state index in [4.69, 9.17) is 22.1 Å². The molecule has 1 amide bonds. The van der Waals surface area contributed by atoms with Crippen LogP contribution in [0.2, 0.25) is 0 Å². The normalized spacial score (nSPS) is 27.9. The van der Waals surface area contributed by atoms with Crippen molar-refractivity contribution in [1.82, 2.24) is 5.32 Å². The third kappa shape index (κ3) is 5.61. The molecule has 7 heteroatoms. The van der Waals surface area contributed by atoms with E-state index in [1.807, 2.05) is 20.8 Å². The number of nitrogens with one attached hydrogen (secondary N) is 1. The lowest BCUT2D eigenvalue weighted by Gasteiger charge is -2.24. The molecule has 4 atom stereocenters. The van der Waals surface area contributed by atoms with Gasteiger partial charge in [-0.15, -0.1) is 0 Å². The summed E-state index contributed by atoms with van der Waals surface area (Å²) in [5.74, 6) is -0.295. The third-order valence-corrected chi connectivity index (χ3v) is 3.47. The molecule has 1 N–H and O–H groups in total. The summed E-state index contributed by atoms with van der Waals surface area (Å²) >= 11 is 0. The Morgan fingerprint density at radius 3 is 2.50 bits per heavy atom. The highest BCUT2D eigenvalue weighted by Gasteiger charge is 2.44. The molecular weight excluding hydrogens is 285 g/mol. The monoisotopic (exact) mass is 311 g/mol. The summed E-state index contributed by atoms with van der Waals surface area (Å²) in [6.45, 7) is 6.52. The second kappa shape index (κ2) is 9.15. The lowest BCUT2D eigenvalue weighted by atomic mass is 9.92. The zero-order valence-electron chi connectivity index (χ0n) is 13.8. The Bertz CT molecular complexity index is 377. The first-order valence-electron chi connectivity index (χ1n) is 7.81. The van der Waals surface area contributed by atoms with Gasteiger partial charge in [-0.2, -0.15) is 0 Å². The van der Waals surface area contributed by atoms with Crippen molar-refractivity contribution < 1.29 is 23.8 Å². The van der Waals surface area contributed by atoms with E-state index in [-0.39, 0.29) is 24.9 Å². The van der Waals surface area contributed by atoms with Crippen molar-refractivity contribution in [2.45, 2.75) is 64.3 Å². The van der Waals surface area contributed by atoms with Gasteiger partial charge in [-0.3, -0.25) is 9.59 Å². The van der Waals surface area contributed by atoms with E-state index in [1.165, 1.54) is 7.05 Å². The summed E-state index contributed by atoms with van der Waals surface area (Å²) in [6, 6.07) is -0.611. The van der Waals surface area contributed by atoms with E-state index in [1.54, 1.807) is 0 Å². The van der Waals surface area contributed by atoms with Crippen LogP contribution >= 0.6 is 0 Å². The van der Waals surface area contributed by atoms with Gasteiger partial charge in [0.25, 0.3) is 0 Å². The van der Waals surface area contributed by atoms with Crippen LogP contribution in [0.3, 0.4) is 0 Å². The Kier molecular flexibility index (Phi) is 7.89. The largest absolute Gasteiger partial charge is 0.457 e. The Balaban J connectivity index is 2.60. The van der Waals surface area contributed by atoms with Crippen LogP contribution < -0.4 is 5.32 Å². The summed E-state index contributed by atoms with van der Waals surface area (Å²) < 4.78 is 16.9. The SMILES string of the molecule is [B][C@@H]1O[C@H](CC)C(OC(=O)CCC(=O)NC)[C@@H]1OCC(C)C. The highest BCUT2D eigenvalue weighted by atomic mass is 16.6. The van der Waals surface area contributed by atoms with Crippen LogP contribution in [0.1, 0.15) is 40.0 Å². The summed E-state index contributed by atoms with van der Waals surface area (Å²) in [6.07, 6.45) is -0.492. The van der Waals surface area contributed by atoms with Gasteiger partial charge in [0, 0.05) is 26.1 Å². The molecule has 1 rings (SSSR count). The highest BCUT2D eigenvalue weighted by molar-refractivity contribution is 6.11. The quantitative estimate of drug-likeness (QED) is 0.529. The summed E-state index contributed by atoms with van der Waals surface area (Å²) in [5.41, 5.74) is 0. The molecule has 0 spiro atoms. The molecule has 22 heavy (non-hydrogen) atoms. The molecule has 1 unspecified atom stereocenters. The van der Waals surface area contributed by atoms with Gasteiger partial charge in [-0.1, -0.05) is 20.8 Å².